The van der Waals surface area contributed by atoms with Gasteiger partial charge in [0.1, 0.15) is 5.76 Å². The molecule has 2 heterocycles. The molecule has 2 unspecified atom stereocenters. The lowest BCUT2D eigenvalue weighted by Crippen LogP contribution is -2.44. The molecule has 2 saturated carbocycles. The van der Waals surface area contributed by atoms with Crippen LogP contribution >= 0.6 is 0 Å². The van der Waals surface area contributed by atoms with Crippen molar-refractivity contribution in [3.63, 3.8) is 0 Å². The van der Waals surface area contributed by atoms with E-state index in [0.29, 0.717) is 29.9 Å². The fraction of sp³-hybridized carbons (Fsp3) is 0.538. The Labute approximate surface area is 216 Å². The molecule has 3 amide bonds. The third kappa shape index (κ3) is 5.47. The average molecular weight is 529 g/mol. The molecule has 10 nitrogen and oxygen atoms in total. The second-order valence-corrected chi connectivity index (χ2v) is 12.4. The van der Waals surface area contributed by atoms with E-state index in [1.165, 1.54) is 4.31 Å². The van der Waals surface area contributed by atoms with Crippen molar-refractivity contribution in [3.8, 4) is 0 Å². The van der Waals surface area contributed by atoms with Gasteiger partial charge in [-0.2, -0.15) is 0 Å². The van der Waals surface area contributed by atoms with Crippen LogP contribution in [0.1, 0.15) is 94.2 Å². The molecule has 5 rings (SSSR count). The second-order valence-electron chi connectivity index (χ2n) is 10.2. The molecule has 1 aromatic carbocycles. The highest BCUT2D eigenvalue weighted by Crippen LogP contribution is 2.40. The molecular weight excluding hydrogens is 496 g/mol. The van der Waals surface area contributed by atoms with E-state index in [-0.39, 0.29) is 54.2 Å². The third-order valence-electron chi connectivity index (χ3n) is 7.59. The number of benzene rings is 1. The van der Waals surface area contributed by atoms with Crippen LogP contribution in [-0.4, -0.2) is 71.9 Å². The Morgan fingerprint density at radius 2 is 1.78 bits per heavy atom. The molecule has 11 heteroatoms. The van der Waals surface area contributed by atoms with Gasteiger partial charge in [0.2, 0.25) is 10.0 Å². The molecule has 2 fully saturated rings. The smallest absolute Gasteiger partial charge is 0.273 e. The monoisotopic (exact) mass is 528 g/mol. The van der Waals surface area contributed by atoms with Crippen molar-refractivity contribution in [1.82, 2.24) is 19.7 Å². The normalized spacial score (nSPS) is 22.3. The van der Waals surface area contributed by atoms with Crippen molar-refractivity contribution < 1.29 is 27.3 Å². The van der Waals surface area contributed by atoms with Gasteiger partial charge in [-0.05, 0) is 50.7 Å². The summed E-state index contributed by atoms with van der Waals surface area (Å²) in [7, 11) is -2.05. The number of rotatable bonds is 9. The molecule has 0 spiro atoms. The van der Waals surface area contributed by atoms with E-state index < -0.39 is 10.0 Å². The first-order valence-corrected chi connectivity index (χ1v) is 14.5. The van der Waals surface area contributed by atoms with Crippen LogP contribution in [0.2, 0.25) is 0 Å². The summed E-state index contributed by atoms with van der Waals surface area (Å²) in [5.41, 5.74) is 0.971. The maximum Gasteiger partial charge on any atom is 0.273 e. The zero-order valence-corrected chi connectivity index (χ0v) is 21.7. The minimum Gasteiger partial charge on any atom is -0.360 e. The fourth-order valence-corrected chi connectivity index (χ4v) is 6.66. The highest BCUT2D eigenvalue weighted by atomic mass is 32.2. The average Bonchev–Trinajstić information content (AvgIpc) is 3.62. The molecule has 1 aromatic heterocycles. The van der Waals surface area contributed by atoms with Gasteiger partial charge in [-0.1, -0.05) is 30.1 Å². The summed E-state index contributed by atoms with van der Waals surface area (Å²) in [6.45, 7) is 0.0450. The van der Waals surface area contributed by atoms with Crippen molar-refractivity contribution in [3.05, 3.63) is 52.9 Å². The van der Waals surface area contributed by atoms with Gasteiger partial charge in [0.05, 0.1) is 16.9 Å². The van der Waals surface area contributed by atoms with Gasteiger partial charge in [0.25, 0.3) is 17.7 Å². The number of carbonyl (C=O) groups excluding carboxylic acids is 3. The Hall–Kier alpha value is -3.05. The topological polar surface area (TPSA) is 130 Å². The van der Waals surface area contributed by atoms with Gasteiger partial charge < -0.3 is 9.84 Å². The van der Waals surface area contributed by atoms with Gasteiger partial charge in [-0.25, -0.2) is 12.7 Å². The summed E-state index contributed by atoms with van der Waals surface area (Å²) < 4.78 is 33.0. The summed E-state index contributed by atoms with van der Waals surface area (Å²) in [6.07, 6.45) is 6.00. The lowest BCUT2D eigenvalue weighted by atomic mass is 10.1. The number of sulfonamides is 1. The molecule has 2 aromatic rings. The number of amides is 3. The minimum absolute atomic E-state index is 0.0450. The Bertz CT molecular complexity index is 1270. The first-order chi connectivity index (χ1) is 17.7. The van der Waals surface area contributed by atoms with Crippen LogP contribution < -0.4 is 5.32 Å². The maximum absolute atomic E-state index is 13.1. The molecule has 2 aliphatic carbocycles. The number of nitrogens with zero attached hydrogens (tertiary/aromatic N) is 3. The van der Waals surface area contributed by atoms with Crippen LogP contribution in [0.25, 0.3) is 0 Å². The lowest BCUT2D eigenvalue weighted by molar-refractivity contribution is 0.0653. The maximum atomic E-state index is 13.1. The summed E-state index contributed by atoms with van der Waals surface area (Å²) in [4.78, 5) is 38.9. The van der Waals surface area contributed by atoms with Crippen molar-refractivity contribution in [2.45, 2.75) is 69.4 Å². The van der Waals surface area contributed by atoms with E-state index in [0.717, 1.165) is 42.8 Å². The molecule has 0 bridgehead atoms. The number of imide groups is 1. The standard InChI is InChI=1S/C26H32N4O6S/c1-29(37(34,35)14-6-13-30-25(32)20-9-4-5-10-21(20)26(30)33)19-8-3-2-7-18(15-19)27-24(31)22-16-23(36-28-22)17-11-12-17/h4-5,9-10,16-19H,2-3,6-8,11-15H2,1H3,(H,27,31). The number of hydrogen-bond acceptors (Lipinski definition) is 7. The van der Waals surface area contributed by atoms with Crippen LogP contribution in [-0.2, 0) is 10.0 Å². The first-order valence-electron chi connectivity index (χ1n) is 12.9. The Kier molecular flexibility index (Phi) is 7.17. The predicted octanol–water partition coefficient (Wildman–Crippen LogP) is 2.93. The molecule has 1 N–H and O–H groups in total. The highest BCUT2D eigenvalue weighted by Gasteiger charge is 2.36. The van der Waals surface area contributed by atoms with Crippen molar-refractivity contribution >= 4 is 27.7 Å². The number of carbonyl (C=O) groups is 3. The van der Waals surface area contributed by atoms with E-state index in [9.17, 15) is 22.8 Å². The molecule has 0 saturated heterocycles. The highest BCUT2D eigenvalue weighted by molar-refractivity contribution is 7.89. The molecule has 0 radical (unpaired) electrons. The number of hydrogen-bond donors (Lipinski definition) is 1. The van der Waals surface area contributed by atoms with E-state index in [1.807, 2.05) is 0 Å². The third-order valence-corrected chi connectivity index (χ3v) is 9.57. The van der Waals surface area contributed by atoms with E-state index in [4.69, 9.17) is 4.52 Å². The summed E-state index contributed by atoms with van der Waals surface area (Å²) in [5, 5.41) is 6.92. The molecule has 2 atom stereocenters. The number of nitrogens with one attached hydrogen (secondary N) is 1. The molecule has 37 heavy (non-hydrogen) atoms. The van der Waals surface area contributed by atoms with Gasteiger partial charge in [0, 0.05) is 37.7 Å². The lowest BCUT2D eigenvalue weighted by Gasteiger charge is -2.29. The zero-order chi connectivity index (χ0) is 26.2. The Balaban J connectivity index is 1.15. The van der Waals surface area contributed by atoms with Crippen LogP contribution in [0.5, 0.6) is 0 Å². The van der Waals surface area contributed by atoms with Crippen LogP contribution in [0.3, 0.4) is 0 Å². The SMILES string of the molecule is CN(C1CCCCC(NC(=O)c2cc(C3CC3)on2)C1)S(=O)(=O)CCCN1C(=O)c2ccccc2C1=O. The molecule has 1 aliphatic heterocycles. The predicted molar refractivity (Wildman–Crippen MR) is 135 cm³/mol. The number of aromatic nitrogens is 1. The summed E-state index contributed by atoms with van der Waals surface area (Å²) >= 11 is 0. The van der Waals surface area contributed by atoms with Crippen LogP contribution in [0.15, 0.2) is 34.9 Å². The Morgan fingerprint density at radius 1 is 1.11 bits per heavy atom. The van der Waals surface area contributed by atoms with Crippen molar-refractivity contribution in [1.29, 1.82) is 0 Å². The van der Waals surface area contributed by atoms with Crippen molar-refractivity contribution in [2.24, 2.45) is 0 Å². The largest absolute Gasteiger partial charge is 0.360 e. The van der Waals surface area contributed by atoms with Gasteiger partial charge >= 0.3 is 0 Å². The van der Waals surface area contributed by atoms with Gasteiger partial charge in [-0.3, -0.25) is 19.3 Å². The number of fused-ring (bicyclic) bond motifs is 1. The van der Waals surface area contributed by atoms with Crippen molar-refractivity contribution in [2.75, 3.05) is 19.3 Å². The minimum atomic E-state index is -3.63. The van der Waals surface area contributed by atoms with Gasteiger partial charge in [0.15, 0.2) is 5.69 Å². The van der Waals surface area contributed by atoms with Gasteiger partial charge in [-0.15, -0.1) is 0 Å². The first kappa shape index (κ1) is 25.6. The quantitative estimate of drug-likeness (QED) is 0.391. The van der Waals surface area contributed by atoms with Crippen LogP contribution in [0.4, 0.5) is 0 Å². The van der Waals surface area contributed by atoms with E-state index >= 15 is 0 Å². The van der Waals surface area contributed by atoms with E-state index in [1.54, 1.807) is 37.4 Å². The molecular formula is C26H32N4O6S. The van der Waals surface area contributed by atoms with E-state index in [2.05, 4.69) is 10.5 Å². The summed E-state index contributed by atoms with van der Waals surface area (Å²) in [5.74, 6) is -0.126. The molecule has 3 aliphatic rings. The Morgan fingerprint density at radius 3 is 2.46 bits per heavy atom. The van der Waals surface area contributed by atoms with Crippen LogP contribution in [0, 0.1) is 0 Å². The second kappa shape index (κ2) is 10.4. The fourth-order valence-electron chi connectivity index (χ4n) is 5.23. The zero-order valence-electron chi connectivity index (χ0n) is 20.9. The molecule has 198 valence electrons. The summed E-state index contributed by atoms with van der Waals surface area (Å²) in [6, 6.07) is 7.89.